The standard InChI is InChI=1S/C21H14ClF2N3O/c22-16-12-14(10-11-18(16)24)25-19(15-8-4-5-9-17(15)23)21-27-26-20(28-21)13-6-2-1-3-7-13/h1-12,19,25H/t19-/m1/s1. The van der Waals surface area contributed by atoms with Gasteiger partial charge in [0.1, 0.15) is 17.7 Å². The average Bonchev–Trinajstić information content (AvgIpc) is 3.20. The van der Waals surface area contributed by atoms with Crippen LogP contribution in [0.1, 0.15) is 17.5 Å². The summed E-state index contributed by atoms with van der Waals surface area (Å²) >= 11 is 5.86. The molecule has 4 rings (SSSR count). The van der Waals surface area contributed by atoms with Crippen LogP contribution in [0.3, 0.4) is 0 Å². The predicted molar refractivity (Wildman–Crippen MR) is 103 cm³/mol. The van der Waals surface area contributed by atoms with Gasteiger partial charge in [-0.2, -0.15) is 0 Å². The number of anilines is 1. The molecule has 0 saturated heterocycles. The Hall–Kier alpha value is -3.25. The van der Waals surface area contributed by atoms with E-state index in [1.54, 1.807) is 18.2 Å². The van der Waals surface area contributed by atoms with E-state index in [-0.39, 0.29) is 10.9 Å². The number of aromatic nitrogens is 2. The van der Waals surface area contributed by atoms with Crippen LogP contribution in [0.4, 0.5) is 14.5 Å². The van der Waals surface area contributed by atoms with Crippen LogP contribution in [0.15, 0.2) is 77.2 Å². The van der Waals surface area contributed by atoms with Crippen LogP contribution in [0, 0.1) is 11.6 Å². The molecule has 140 valence electrons. The molecule has 4 aromatic rings. The minimum atomic E-state index is -0.785. The largest absolute Gasteiger partial charge is 0.418 e. The summed E-state index contributed by atoms with van der Waals surface area (Å²) in [4.78, 5) is 0. The average molecular weight is 398 g/mol. The smallest absolute Gasteiger partial charge is 0.247 e. The van der Waals surface area contributed by atoms with Gasteiger partial charge in [0.2, 0.25) is 11.8 Å². The van der Waals surface area contributed by atoms with E-state index < -0.39 is 17.7 Å². The molecule has 0 radical (unpaired) electrons. The first kappa shape index (κ1) is 18.1. The Morgan fingerprint density at radius 1 is 0.857 bits per heavy atom. The van der Waals surface area contributed by atoms with Crippen molar-refractivity contribution in [3.05, 3.63) is 101 Å². The Morgan fingerprint density at radius 2 is 1.61 bits per heavy atom. The van der Waals surface area contributed by atoms with Gasteiger partial charge in [0.05, 0.1) is 5.02 Å². The SMILES string of the molecule is Fc1ccc(N[C@@H](c2nnc(-c3ccccc3)o2)c2ccccc2F)cc1Cl. The summed E-state index contributed by atoms with van der Waals surface area (Å²) in [6, 6.07) is 18.9. The summed E-state index contributed by atoms with van der Waals surface area (Å²) in [6.07, 6.45) is 0. The van der Waals surface area contributed by atoms with Crippen molar-refractivity contribution >= 4 is 17.3 Å². The second-order valence-corrected chi connectivity index (χ2v) is 6.45. The van der Waals surface area contributed by atoms with Crippen molar-refractivity contribution in [1.82, 2.24) is 10.2 Å². The van der Waals surface area contributed by atoms with Gasteiger partial charge in [-0.3, -0.25) is 0 Å². The Balaban J connectivity index is 1.74. The van der Waals surface area contributed by atoms with Crippen molar-refractivity contribution < 1.29 is 13.2 Å². The fourth-order valence-corrected chi connectivity index (χ4v) is 2.96. The number of nitrogens with one attached hydrogen (secondary N) is 1. The van der Waals surface area contributed by atoms with E-state index in [2.05, 4.69) is 15.5 Å². The molecular formula is C21H14ClF2N3O. The van der Waals surface area contributed by atoms with Gasteiger partial charge >= 0.3 is 0 Å². The highest BCUT2D eigenvalue weighted by Gasteiger charge is 2.24. The zero-order valence-corrected chi connectivity index (χ0v) is 15.2. The lowest BCUT2D eigenvalue weighted by molar-refractivity contribution is 0.485. The highest BCUT2D eigenvalue weighted by molar-refractivity contribution is 6.31. The predicted octanol–water partition coefficient (Wildman–Crippen LogP) is 5.87. The normalized spacial score (nSPS) is 12.0. The number of hydrogen-bond donors (Lipinski definition) is 1. The molecule has 28 heavy (non-hydrogen) atoms. The fourth-order valence-electron chi connectivity index (χ4n) is 2.78. The molecule has 0 aliphatic heterocycles. The molecule has 1 heterocycles. The van der Waals surface area contributed by atoms with Crippen molar-refractivity contribution in [2.45, 2.75) is 6.04 Å². The van der Waals surface area contributed by atoms with E-state index in [1.807, 2.05) is 30.3 Å². The molecule has 0 saturated carbocycles. The maximum Gasteiger partial charge on any atom is 0.247 e. The van der Waals surface area contributed by atoms with E-state index in [0.717, 1.165) is 5.56 Å². The number of hydrogen-bond acceptors (Lipinski definition) is 4. The van der Waals surface area contributed by atoms with Gasteiger partial charge in [0, 0.05) is 16.8 Å². The Kier molecular flexibility index (Phi) is 5.04. The van der Waals surface area contributed by atoms with Gasteiger partial charge in [-0.05, 0) is 36.4 Å². The molecule has 7 heteroatoms. The molecule has 0 amide bonds. The molecule has 4 nitrogen and oxygen atoms in total. The lowest BCUT2D eigenvalue weighted by atomic mass is 10.1. The lowest BCUT2D eigenvalue weighted by Gasteiger charge is -2.18. The van der Waals surface area contributed by atoms with Gasteiger partial charge in [-0.1, -0.05) is 48.0 Å². The number of halogens is 3. The molecule has 0 unspecified atom stereocenters. The zero-order chi connectivity index (χ0) is 19.5. The van der Waals surface area contributed by atoms with E-state index in [9.17, 15) is 8.78 Å². The van der Waals surface area contributed by atoms with Crippen LogP contribution >= 0.6 is 11.6 Å². The van der Waals surface area contributed by atoms with Crippen LogP contribution in [-0.2, 0) is 0 Å². The van der Waals surface area contributed by atoms with Gasteiger partial charge < -0.3 is 9.73 Å². The molecule has 0 fully saturated rings. The van der Waals surface area contributed by atoms with E-state index >= 15 is 0 Å². The minimum absolute atomic E-state index is 0.0483. The molecule has 0 spiro atoms. The third-order valence-corrected chi connectivity index (χ3v) is 4.44. The first-order valence-electron chi connectivity index (χ1n) is 8.46. The second kappa shape index (κ2) is 7.78. The lowest BCUT2D eigenvalue weighted by Crippen LogP contribution is -2.14. The van der Waals surface area contributed by atoms with Crippen LogP contribution in [-0.4, -0.2) is 10.2 Å². The van der Waals surface area contributed by atoms with E-state index in [1.165, 1.54) is 24.3 Å². The molecule has 1 N–H and O–H groups in total. The fraction of sp³-hybridized carbons (Fsp3) is 0.0476. The monoisotopic (exact) mass is 397 g/mol. The number of rotatable bonds is 5. The number of benzene rings is 3. The summed E-state index contributed by atoms with van der Waals surface area (Å²) in [6.45, 7) is 0. The van der Waals surface area contributed by atoms with Gasteiger partial charge in [-0.15, -0.1) is 10.2 Å². The van der Waals surface area contributed by atoms with Crippen LogP contribution in [0.2, 0.25) is 5.02 Å². The van der Waals surface area contributed by atoms with Crippen molar-refractivity contribution in [1.29, 1.82) is 0 Å². The van der Waals surface area contributed by atoms with E-state index in [4.69, 9.17) is 16.0 Å². The molecule has 0 aliphatic carbocycles. The third kappa shape index (κ3) is 3.73. The van der Waals surface area contributed by atoms with Crippen molar-refractivity contribution in [3.8, 4) is 11.5 Å². The van der Waals surface area contributed by atoms with Gasteiger partial charge in [0.15, 0.2) is 0 Å². The Morgan fingerprint density at radius 3 is 2.36 bits per heavy atom. The van der Waals surface area contributed by atoms with Crippen molar-refractivity contribution in [2.24, 2.45) is 0 Å². The van der Waals surface area contributed by atoms with E-state index in [0.29, 0.717) is 17.1 Å². The summed E-state index contributed by atoms with van der Waals surface area (Å²) in [7, 11) is 0. The quantitative estimate of drug-likeness (QED) is 0.457. The molecule has 1 aromatic heterocycles. The molecule has 0 aliphatic rings. The van der Waals surface area contributed by atoms with Crippen LogP contribution in [0.25, 0.3) is 11.5 Å². The zero-order valence-electron chi connectivity index (χ0n) is 14.4. The first-order valence-corrected chi connectivity index (χ1v) is 8.84. The van der Waals surface area contributed by atoms with Gasteiger partial charge in [0.25, 0.3) is 0 Å². The Labute approximate surface area is 164 Å². The maximum absolute atomic E-state index is 14.5. The van der Waals surface area contributed by atoms with Crippen molar-refractivity contribution in [2.75, 3.05) is 5.32 Å². The minimum Gasteiger partial charge on any atom is -0.418 e. The van der Waals surface area contributed by atoms with Crippen molar-refractivity contribution in [3.63, 3.8) is 0 Å². The Bertz CT molecular complexity index is 1100. The molecular weight excluding hydrogens is 384 g/mol. The van der Waals surface area contributed by atoms with Gasteiger partial charge in [-0.25, -0.2) is 8.78 Å². The molecule has 3 aromatic carbocycles. The maximum atomic E-state index is 14.5. The molecule has 0 bridgehead atoms. The first-order chi connectivity index (χ1) is 13.6. The highest BCUT2D eigenvalue weighted by Crippen LogP contribution is 2.31. The summed E-state index contributed by atoms with van der Waals surface area (Å²) in [5, 5.41) is 11.2. The summed E-state index contributed by atoms with van der Waals surface area (Å²) in [5.74, 6) is -0.494. The number of nitrogens with zero attached hydrogens (tertiary/aromatic N) is 2. The summed E-state index contributed by atoms with van der Waals surface area (Å²) in [5.41, 5.74) is 1.55. The highest BCUT2D eigenvalue weighted by atomic mass is 35.5. The summed E-state index contributed by atoms with van der Waals surface area (Å²) < 4.78 is 33.8. The topological polar surface area (TPSA) is 51.0 Å². The van der Waals surface area contributed by atoms with Crippen LogP contribution < -0.4 is 5.32 Å². The molecule has 1 atom stereocenters. The second-order valence-electron chi connectivity index (χ2n) is 6.04. The third-order valence-electron chi connectivity index (χ3n) is 4.16. The van der Waals surface area contributed by atoms with Crippen LogP contribution in [0.5, 0.6) is 0 Å².